The van der Waals surface area contributed by atoms with E-state index in [1.54, 1.807) is 19.3 Å². The highest BCUT2D eigenvalue weighted by molar-refractivity contribution is 4.93. The monoisotopic (exact) mass is 166 g/mol. The molecule has 2 aliphatic carbocycles. The summed E-state index contributed by atoms with van der Waals surface area (Å²) in [5.41, 5.74) is 0. The van der Waals surface area contributed by atoms with Gasteiger partial charge in [0.2, 0.25) is 0 Å². The minimum atomic E-state index is 1.10. The fraction of sp³-hybridized carbons (Fsp3) is 1.00. The normalized spacial score (nSPS) is 46.5. The van der Waals surface area contributed by atoms with Crippen molar-refractivity contribution in [3.05, 3.63) is 0 Å². The van der Waals surface area contributed by atoms with E-state index in [0.717, 1.165) is 23.7 Å². The summed E-state index contributed by atoms with van der Waals surface area (Å²) in [7, 11) is 0. The quantitative estimate of drug-likeness (QED) is 0.584. The zero-order valence-corrected chi connectivity index (χ0v) is 8.55. The van der Waals surface area contributed by atoms with Crippen LogP contribution in [0.25, 0.3) is 0 Å². The van der Waals surface area contributed by atoms with Crippen LogP contribution in [0.5, 0.6) is 0 Å². The summed E-state index contributed by atoms with van der Waals surface area (Å²) < 4.78 is 0. The fourth-order valence-corrected chi connectivity index (χ4v) is 3.87. The van der Waals surface area contributed by atoms with Gasteiger partial charge in [-0.15, -0.1) is 0 Å². The maximum absolute atomic E-state index is 2.39. The van der Waals surface area contributed by atoms with Crippen molar-refractivity contribution in [3.63, 3.8) is 0 Å². The molecule has 2 rings (SSSR count). The van der Waals surface area contributed by atoms with Gasteiger partial charge in [0, 0.05) is 0 Å². The molecule has 0 aromatic heterocycles. The molecule has 0 amide bonds. The molecule has 2 fully saturated rings. The lowest BCUT2D eigenvalue weighted by Crippen LogP contribution is -2.10. The van der Waals surface area contributed by atoms with Crippen LogP contribution in [0, 0.1) is 23.7 Å². The Bertz CT molecular complexity index is 134. The van der Waals surface area contributed by atoms with E-state index >= 15 is 0 Å². The van der Waals surface area contributed by atoms with Crippen molar-refractivity contribution in [1.82, 2.24) is 0 Å². The molecule has 0 bridgehead atoms. The van der Waals surface area contributed by atoms with Crippen molar-refractivity contribution in [2.75, 3.05) is 0 Å². The second-order valence-electron chi connectivity index (χ2n) is 4.83. The highest BCUT2D eigenvalue weighted by Crippen LogP contribution is 2.52. The molecule has 0 unspecified atom stereocenters. The Balaban J connectivity index is 2.05. The summed E-state index contributed by atoms with van der Waals surface area (Å²) in [6.07, 6.45) is 9.08. The molecule has 4 atom stereocenters. The molecule has 0 aromatic carbocycles. The van der Waals surface area contributed by atoms with E-state index in [1.165, 1.54) is 19.3 Å². The number of fused-ring (bicyclic) bond motifs is 1. The Morgan fingerprint density at radius 1 is 0.917 bits per heavy atom. The molecule has 0 nitrogen and oxygen atoms in total. The second-order valence-corrected chi connectivity index (χ2v) is 4.83. The zero-order valence-electron chi connectivity index (χ0n) is 8.55. The highest BCUT2D eigenvalue weighted by Gasteiger charge is 2.43. The Labute approximate surface area is 76.7 Å². The minimum Gasteiger partial charge on any atom is -0.0651 e. The topological polar surface area (TPSA) is 0 Å². The number of hydrogen-bond donors (Lipinski definition) is 0. The van der Waals surface area contributed by atoms with Gasteiger partial charge in [-0.2, -0.15) is 0 Å². The standard InChI is InChI=1S/C12H22/c1-3-9-8-10(4-2)12-7-5-6-11(9)12/h9-12H,3-8H2,1-2H3/t9-,10+,11-,12+. The Kier molecular flexibility index (Phi) is 2.43. The average Bonchev–Trinajstić information content (AvgIpc) is 2.63. The highest BCUT2D eigenvalue weighted by atomic mass is 14.5. The molecule has 12 heavy (non-hydrogen) atoms. The van der Waals surface area contributed by atoms with Crippen LogP contribution < -0.4 is 0 Å². The molecular formula is C12H22. The van der Waals surface area contributed by atoms with E-state index in [9.17, 15) is 0 Å². The molecule has 2 aliphatic rings. The van der Waals surface area contributed by atoms with Gasteiger partial charge in [-0.05, 0) is 42.9 Å². The smallest absolute Gasteiger partial charge is 0.0355 e. The Morgan fingerprint density at radius 2 is 1.42 bits per heavy atom. The van der Waals surface area contributed by atoms with Crippen molar-refractivity contribution >= 4 is 0 Å². The second kappa shape index (κ2) is 3.40. The summed E-state index contributed by atoms with van der Waals surface area (Å²) in [4.78, 5) is 0. The maximum Gasteiger partial charge on any atom is -0.0355 e. The molecule has 0 heterocycles. The molecule has 2 saturated carbocycles. The summed E-state index contributed by atoms with van der Waals surface area (Å²) in [5.74, 6) is 4.48. The van der Waals surface area contributed by atoms with Crippen molar-refractivity contribution in [2.24, 2.45) is 23.7 Å². The molecule has 0 spiro atoms. The van der Waals surface area contributed by atoms with Gasteiger partial charge in [0.05, 0.1) is 0 Å². The van der Waals surface area contributed by atoms with Crippen LogP contribution >= 0.6 is 0 Å². The average molecular weight is 166 g/mol. The van der Waals surface area contributed by atoms with Gasteiger partial charge in [0.25, 0.3) is 0 Å². The van der Waals surface area contributed by atoms with Gasteiger partial charge in [0.15, 0.2) is 0 Å². The molecule has 0 aliphatic heterocycles. The third-order valence-electron chi connectivity index (χ3n) is 4.49. The van der Waals surface area contributed by atoms with E-state index in [2.05, 4.69) is 13.8 Å². The van der Waals surface area contributed by atoms with E-state index in [4.69, 9.17) is 0 Å². The molecule has 0 saturated heterocycles. The molecular weight excluding hydrogens is 144 g/mol. The van der Waals surface area contributed by atoms with Gasteiger partial charge < -0.3 is 0 Å². The van der Waals surface area contributed by atoms with Crippen LogP contribution in [0.15, 0.2) is 0 Å². The molecule has 70 valence electrons. The van der Waals surface area contributed by atoms with E-state index in [1.807, 2.05) is 0 Å². The number of rotatable bonds is 2. The first-order valence-corrected chi connectivity index (χ1v) is 5.86. The van der Waals surface area contributed by atoms with Crippen molar-refractivity contribution < 1.29 is 0 Å². The summed E-state index contributed by atoms with van der Waals surface area (Å²) in [6, 6.07) is 0. The fourth-order valence-electron chi connectivity index (χ4n) is 3.87. The lowest BCUT2D eigenvalue weighted by Gasteiger charge is -2.17. The zero-order chi connectivity index (χ0) is 8.55. The first-order chi connectivity index (χ1) is 5.86. The Hall–Kier alpha value is 0. The van der Waals surface area contributed by atoms with Crippen molar-refractivity contribution in [2.45, 2.75) is 52.4 Å². The lowest BCUT2D eigenvalue weighted by molar-refractivity contribution is 0.323. The summed E-state index contributed by atoms with van der Waals surface area (Å²) in [6.45, 7) is 4.77. The predicted octanol–water partition coefficient (Wildman–Crippen LogP) is 3.86. The predicted molar refractivity (Wildman–Crippen MR) is 53.0 cm³/mol. The largest absolute Gasteiger partial charge is 0.0651 e. The van der Waals surface area contributed by atoms with Crippen LogP contribution in [0.1, 0.15) is 52.4 Å². The van der Waals surface area contributed by atoms with Crippen LogP contribution in [0.4, 0.5) is 0 Å². The maximum atomic E-state index is 2.39. The van der Waals surface area contributed by atoms with Gasteiger partial charge in [-0.25, -0.2) is 0 Å². The van der Waals surface area contributed by atoms with Gasteiger partial charge in [-0.3, -0.25) is 0 Å². The molecule has 0 heteroatoms. The first kappa shape index (κ1) is 8.59. The van der Waals surface area contributed by atoms with Crippen LogP contribution in [-0.2, 0) is 0 Å². The number of hydrogen-bond acceptors (Lipinski definition) is 0. The SMILES string of the molecule is CC[C@@H]1C[C@H](CC)[C@@H]2CCC[C@H]12. The van der Waals surface area contributed by atoms with Gasteiger partial charge in [-0.1, -0.05) is 33.1 Å². The lowest BCUT2D eigenvalue weighted by atomic mass is 9.89. The first-order valence-electron chi connectivity index (χ1n) is 5.86. The van der Waals surface area contributed by atoms with Crippen molar-refractivity contribution in [1.29, 1.82) is 0 Å². The van der Waals surface area contributed by atoms with Crippen LogP contribution in [-0.4, -0.2) is 0 Å². The Morgan fingerprint density at radius 3 is 1.83 bits per heavy atom. The molecule has 0 radical (unpaired) electrons. The van der Waals surface area contributed by atoms with Crippen LogP contribution in [0.2, 0.25) is 0 Å². The van der Waals surface area contributed by atoms with Gasteiger partial charge >= 0.3 is 0 Å². The van der Waals surface area contributed by atoms with Gasteiger partial charge in [0.1, 0.15) is 0 Å². The van der Waals surface area contributed by atoms with E-state index in [-0.39, 0.29) is 0 Å². The molecule has 0 N–H and O–H groups in total. The van der Waals surface area contributed by atoms with Crippen LogP contribution in [0.3, 0.4) is 0 Å². The third kappa shape index (κ3) is 1.20. The summed E-state index contributed by atoms with van der Waals surface area (Å²) in [5, 5.41) is 0. The van der Waals surface area contributed by atoms with E-state index < -0.39 is 0 Å². The third-order valence-corrected chi connectivity index (χ3v) is 4.49. The van der Waals surface area contributed by atoms with Crippen molar-refractivity contribution in [3.8, 4) is 0 Å². The summed E-state index contributed by atoms with van der Waals surface area (Å²) >= 11 is 0. The van der Waals surface area contributed by atoms with E-state index in [0.29, 0.717) is 0 Å². The minimum absolute atomic E-state index is 1.10. The molecule has 0 aromatic rings.